The molecule has 0 bridgehead atoms. The van der Waals surface area contributed by atoms with Crippen molar-refractivity contribution in [1.29, 1.82) is 0 Å². The summed E-state index contributed by atoms with van der Waals surface area (Å²) >= 11 is 3.06. The highest BCUT2D eigenvalue weighted by Crippen LogP contribution is 2.26. The lowest BCUT2D eigenvalue weighted by atomic mass is 10.1. The number of nitrogens with one attached hydrogen (secondary N) is 1. The zero-order valence-corrected chi connectivity index (χ0v) is 12.4. The summed E-state index contributed by atoms with van der Waals surface area (Å²) in [5.74, 6) is -0.300. The molecule has 1 N–H and O–H groups in total. The molecule has 1 aromatic heterocycles. The van der Waals surface area contributed by atoms with Crippen molar-refractivity contribution in [2.24, 2.45) is 0 Å². The molecule has 0 atom stereocenters. The molecular formula is C11H10BrN5O4. The van der Waals surface area contributed by atoms with Crippen LogP contribution in [0.3, 0.4) is 0 Å². The third-order valence-corrected chi connectivity index (χ3v) is 3.33. The van der Waals surface area contributed by atoms with Gasteiger partial charge in [-0.25, -0.2) is 0 Å². The summed E-state index contributed by atoms with van der Waals surface area (Å²) < 4.78 is 1.60. The number of benzene rings is 1. The average molecular weight is 356 g/mol. The minimum Gasteiger partial charge on any atom is -0.388 e. The largest absolute Gasteiger partial charge is 0.404 e. The number of non-ortho nitro benzene ring substituents is 1. The maximum atomic E-state index is 10.8. The van der Waals surface area contributed by atoms with Gasteiger partial charge in [-0.15, -0.1) is 0 Å². The number of nitro benzene ring substituents is 1. The maximum absolute atomic E-state index is 10.8. The molecule has 21 heavy (non-hydrogen) atoms. The molecule has 10 heteroatoms. The standard InChI is InChI=1S/C11H10BrN5O4/c1-13-10-3-2-8(16(18)19)4-7(10)5-15-6-9(12)11(14-15)17(20)21/h2-4,6,13H,5H2,1H3. The number of nitro groups is 2. The number of aromatic nitrogens is 2. The van der Waals surface area contributed by atoms with Crippen LogP contribution in [0.1, 0.15) is 5.56 Å². The maximum Gasteiger partial charge on any atom is 0.404 e. The molecule has 0 aliphatic rings. The van der Waals surface area contributed by atoms with Crippen LogP contribution < -0.4 is 5.32 Å². The number of halogens is 1. The Bertz CT molecular complexity index is 715. The SMILES string of the molecule is CNc1ccc([N+](=O)[O-])cc1Cn1cc(Br)c([N+](=O)[O-])n1. The first kappa shape index (κ1) is 14.9. The topological polar surface area (TPSA) is 116 Å². The molecule has 1 aromatic carbocycles. The molecule has 0 aliphatic carbocycles. The quantitative estimate of drug-likeness (QED) is 0.650. The molecule has 0 amide bonds. The van der Waals surface area contributed by atoms with E-state index < -0.39 is 9.85 Å². The van der Waals surface area contributed by atoms with Gasteiger partial charge in [0.25, 0.3) is 5.69 Å². The molecule has 0 saturated heterocycles. The molecule has 110 valence electrons. The molecule has 0 unspecified atom stereocenters. The van der Waals surface area contributed by atoms with Crippen molar-refractivity contribution in [2.75, 3.05) is 12.4 Å². The van der Waals surface area contributed by atoms with Gasteiger partial charge in [-0.05, 0) is 26.9 Å². The minimum absolute atomic E-state index is 0.0512. The highest BCUT2D eigenvalue weighted by Gasteiger charge is 2.20. The molecule has 9 nitrogen and oxygen atoms in total. The molecular weight excluding hydrogens is 346 g/mol. The van der Waals surface area contributed by atoms with E-state index in [2.05, 4.69) is 26.3 Å². The average Bonchev–Trinajstić information content (AvgIpc) is 2.79. The van der Waals surface area contributed by atoms with Gasteiger partial charge in [-0.1, -0.05) is 0 Å². The van der Waals surface area contributed by atoms with Crippen LogP contribution in [0.15, 0.2) is 28.9 Å². The smallest absolute Gasteiger partial charge is 0.388 e. The van der Waals surface area contributed by atoms with Gasteiger partial charge in [0.05, 0.1) is 22.8 Å². The predicted octanol–water partition coefficient (Wildman–Crippen LogP) is 2.55. The summed E-state index contributed by atoms with van der Waals surface area (Å²) in [5, 5.41) is 28.3. The summed E-state index contributed by atoms with van der Waals surface area (Å²) in [6.07, 6.45) is 1.45. The fourth-order valence-corrected chi connectivity index (χ4v) is 2.29. The Morgan fingerprint density at radius 1 is 1.33 bits per heavy atom. The van der Waals surface area contributed by atoms with E-state index in [0.717, 1.165) is 0 Å². The van der Waals surface area contributed by atoms with Crippen molar-refractivity contribution >= 4 is 33.1 Å². The Morgan fingerprint density at radius 3 is 2.57 bits per heavy atom. The van der Waals surface area contributed by atoms with E-state index >= 15 is 0 Å². The lowest BCUT2D eigenvalue weighted by Gasteiger charge is -2.07. The third kappa shape index (κ3) is 3.16. The first-order chi connectivity index (χ1) is 9.92. The number of nitrogens with zero attached hydrogens (tertiary/aromatic N) is 4. The van der Waals surface area contributed by atoms with Crippen molar-refractivity contribution in [3.8, 4) is 0 Å². The van der Waals surface area contributed by atoms with E-state index in [1.54, 1.807) is 13.1 Å². The second-order valence-electron chi connectivity index (χ2n) is 4.10. The normalized spacial score (nSPS) is 10.4. The monoisotopic (exact) mass is 355 g/mol. The first-order valence-electron chi connectivity index (χ1n) is 5.74. The second kappa shape index (κ2) is 5.87. The fourth-order valence-electron chi connectivity index (χ4n) is 1.83. The molecule has 2 rings (SSSR count). The van der Waals surface area contributed by atoms with Crippen LogP contribution in [0.4, 0.5) is 17.2 Å². The molecule has 0 fully saturated rings. The van der Waals surface area contributed by atoms with Crippen LogP contribution in [-0.2, 0) is 6.54 Å². The number of rotatable bonds is 5. The lowest BCUT2D eigenvalue weighted by molar-refractivity contribution is -0.390. The Labute approximate surface area is 127 Å². The van der Waals surface area contributed by atoms with E-state index in [1.807, 2.05) is 0 Å². The van der Waals surface area contributed by atoms with Gasteiger partial charge in [0.1, 0.15) is 4.47 Å². The van der Waals surface area contributed by atoms with E-state index in [0.29, 0.717) is 11.3 Å². The second-order valence-corrected chi connectivity index (χ2v) is 4.96. The van der Waals surface area contributed by atoms with Crippen molar-refractivity contribution < 1.29 is 9.85 Å². The van der Waals surface area contributed by atoms with Crippen molar-refractivity contribution in [3.63, 3.8) is 0 Å². The van der Waals surface area contributed by atoms with Crippen LogP contribution in [0.5, 0.6) is 0 Å². The summed E-state index contributed by atoms with van der Waals surface area (Å²) in [5.41, 5.74) is 1.25. The minimum atomic E-state index is -0.604. The molecule has 0 aliphatic heterocycles. The van der Waals surface area contributed by atoms with Crippen LogP contribution in [-0.4, -0.2) is 26.7 Å². The van der Waals surface area contributed by atoms with E-state index in [4.69, 9.17) is 0 Å². The van der Waals surface area contributed by atoms with Gasteiger partial charge in [0.15, 0.2) is 0 Å². The van der Waals surface area contributed by atoms with Crippen LogP contribution in [0.2, 0.25) is 0 Å². The molecule has 2 aromatic rings. The van der Waals surface area contributed by atoms with Gasteiger partial charge in [-0.2, -0.15) is 4.68 Å². The van der Waals surface area contributed by atoms with Crippen LogP contribution >= 0.6 is 15.9 Å². The zero-order valence-electron chi connectivity index (χ0n) is 10.8. The Hall–Kier alpha value is -2.49. The summed E-state index contributed by atoms with van der Waals surface area (Å²) in [7, 11) is 1.69. The van der Waals surface area contributed by atoms with Crippen molar-refractivity contribution in [1.82, 2.24) is 9.78 Å². The summed E-state index contributed by atoms with van der Waals surface area (Å²) in [6.45, 7) is 0.171. The fraction of sp³-hybridized carbons (Fsp3) is 0.182. The van der Waals surface area contributed by atoms with Gasteiger partial charge >= 0.3 is 5.82 Å². The number of hydrogen-bond donors (Lipinski definition) is 1. The molecule has 1 heterocycles. The molecule has 0 saturated carbocycles. The van der Waals surface area contributed by atoms with Crippen molar-refractivity contribution in [2.45, 2.75) is 6.54 Å². The Morgan fingerprint density at radius 2 is 2.05 bits per heavy atom. The highest BCUT2D eigenvalue weighted by molar-refractivity contribution is 9.10. The van der Waals surface area contributed by atoms with Gasteiger partial charge in [0, 0.05) is 30.4 Å². The van der Waals surface area contributed by atoms with Gasteiger partial charge in [-0.3, -0.25) is 10.1 Å². The van der Waals surface area contributed by atoms with E-state index in [-0.39, 0.29) is 22.5 Å². The summed E-state index contributed by atoms with van der Waals surface area (Å²) in [4.78, 5) is 20.5. The number of hydrogen-bond acceptors (Lipinski definition) is 6. The Kier molecular flexibility index (Phi) is 4.17. The predicted molar refractivity (Wildman–Crippen MR) is 78.3 cm³/mol. The summed E-state index contributed by atoms with van der Waals surface area (Å²) in [6, 6.07) is 4.38. The van der Waals surface area contributed by atoms with Crippen LogP contribution in [0.25, 0.3) is 0 Å². The van der Waals surface area contributed by atoms with Gasteiger partial charge < -0.3 is 15.4 Å². The van der Waals surface area contributed by atoms with Crippen LogP contribution in [0, 0.1) is 20.2 Å². The number of anilines is 1. The third-order valence-electron chi connectivity index (χ3n) is 2.77. The van der Waals surface area contributed by atoms with E-state index in [1.165, 1.54) is 23.0 Å². The molecule has 0 radical (unpaired) electrons. The highest BCUT2D eigenvalue weighted by atomic mass is 79.9. The Balaban J connectivity index is 2.38. The van der Waals surface area contributed by atoms with Gasteiger partial charge in [0.2, 0.25) is 0 Å². The molecule has 0 spiro atoms. The van der Waals surface area contributed by atoms with E-state index in [9.17, 15) is 20.2 Å². The lowest BCUT2D eigenvalue weighted by Crippen LogP contribution is -2.05. The first-order valence-corrected chi connectivity index (χ1v) is 6.54. The van der Waals surface area contributed by atoms with Crippen molar-refractivity contribution in [3.05, 3.63) is 54.7 Å². The zero-order chi connectivity index (χ0) is 15.6.